The quantitative estimate of drug-likeness (QED) is 0.505. The Balaban J connectivity index is 1.35. The molecule has 0 amide bonds. The van der Waals surface area contributed by atoms with Crippen LogP contribution in [0.2, 0.25) is 0 Å². The molecule has 1 aliphatic heterocycles. The zero-order valence-electron chi connectivity index (χ0n) is 17.7. The van der Waals surface area contributed by atoms with E-state index in [0.717, 1.165) is 29.7 Å². The lowest BCUT2D eigenvalue weighted by Crippen LogP contribution is -2.34. The van der Waals surface area contributed by atoms with Gasteiger partial charge in [0.05, 0.1) is 11.1 Å². The van der Waals surface area contributed by atoms with Gasteiger partial charge in [0.2, 0.25) is 10.0 Å². The van der Waals surface area contributed by atoms with Gasteiger partial charge in [0.25, 0.3) is 0 Å². The fourth-order valence-electron chi connectivity index (χ4n) is 4.65. The molecule has 1 saturated heterocycles. The Kier molecular flexibility index (Phi) is 4.95. The third-order valence-electron chi connectivity index (χ3n) is 6.29. The Morgan fingerprint density at radius 1 is 1.10 bits per heavy atom. The predicted molar refractivity (Wildman–Crippen MR) is 122 cm³/mol. The molecule has 0 saturated carbocycles. The predicted octanol–water partition coefficient (Wildman–Crippen LogP) is 4.44. The van der Waals surface area contributed by atoms with Crippen molar-refractivity contribution in [3.05, 3.63) is 72.7 Å². The normalized spacial score (nSPS) is 19.9. The second-order valence-electron chi connectivity index (χ2n) is 8.57. The fraction of sp³-hybridized carbons (Fsp3) is 0.292. The van der Waals surface area contributed by atoms with E-state index < -0.39 is 10.0 Å². The van der Waals surface area contributed by atoms with Gasteiger partial charge >= 0.3 is 0 Å². The van der Waals surface area contributed by atoms with E-state index in [1.807, 2.05) is 38.4 Å². The van der Waals surface area contributed by atoms with Crippen LogP contribution >= 0.6 is 0 Å². The van der Waals surface area contributed by atoms with Crippen molar-refractivity contribution in [2.75, 3.05) is 6.54 Å². The summed E-state index contributed by atoms with van der Waals surface area (Å²) in [6.07, 6.45) is 6.67. The standard InChI is InChI=1S/C24H26N4O2S/c1-17-3-6-23(7-4-17)31(29,30)28-16-19(11-18(28)2)15-27-10-9-21-12-20(5-8-24(21)27)22-13-25-26-14-22/h3-10,12-14,18-19H,11,15-16H2,1-2H3,(H,25,26)/t18-,19-/m0/s1. The zero-order chi connectivity index (χ0) is 21.6. The first-order chi connectivity index (χ1) is 14.9. The lowest BCUT2D eigenvalue weighted by atomic mass is 10.1. The number of fused-ring (bicyclic) bond motifs is 1. The number of sulfonamides is 1. The van der Waals surface area contributed by atoms with Crippen molar-refractivity contribution in [1.29, 1.82) is 0 Å². The van der Waals surface area contributed by atoms with E-state index in [-0.39, 0.29) is 12.0 Å². The molecule has 2 atom stereocenters. The van der Waals surface area contributed by atoms with Crippen LogP contribution in [0, 0.1) is 12.8 Å². The van der Waals surface area contributed by atoms with E-state index in [0.29, 0.717) is 11.4 Å². The van der Waals surface area contributed by atoms with Crippen molar-refractivity contribution in [3.63, 3.8) is 0 Å². The highest BCUT2D eigenvalue weighted by Crippen LogP contribution is 2.32. The topological polar surface area (TPSA) is 71.0 Å². The average molecular weight is 435 g/mol. The van der Waals surface area contributed by atoms with Crippen LogP contribution in [0.25, 0.3) is 22.0 Å². The Morgan fingerprint density at radius 3 is 2.65 bits per heavy atom. The summed E-state index contributed by atoms with van der Waals surface area (Å²) >= 11 is 0. The SMILES string of the molecule is Cc1ccc(S(=O)(=O)N2C[C@H](Cn3ccc4cc(-c5cn[nH]c5)ccc43)C[C@@H]2C)cc1. The Hall–Kier alpha value is -2.90. The first-order valence-electron chi connectivity index (χ1n) is 10.6. The summed E-state index contributed by atoms with van der Waals surface area (Å²) in [5.74, 6) is 0.277. The van der Waals surface area contributed by atoms with Crippen molar-refractivity contribution < 1.29 is 8.42 Å². The largest absolute Gasteiger partial charge is 0.347 e. The van der Waals surface area contributed by atoms with E-state index in [9.17, 15) is 8.42 Å². The number of H-pyrrole nitrogens is 1. The third-order valence-corrected chi connectivity index (χ3v) is 8.28. The van der Waals surface area contributed by atoms with Gasteiger partial charge in [-0.1, -0.05) is 23.8 Å². The molecule has 6 nitrogen and oxygen atoms in total. The molecule has 4 aromatic rings. The maximum Gasteiger partial charge on any atom is 0.243 e. The van der Waals surface area contributed by atoms with Gasteiger partial charge < -0.3 is 4.57 Å². The van der Waals surface area contributed by atoms with Crippen LogP contribution in [0.4, 0.5) is 0 Å². The Bertz CT molecular complexity index is 1310. The van der Waals surface area contributed by atoms with E-state index in [2.05, 4.69) is 45.2 Å². The van der Waals surface area contributed by atoms with Gasteiger partial charge in [0.1, 0.15) is 0 Å². The van der Waals surface area contributed by atoms with Gasteiger partial charge in [0.15, 0.2) is 0 Å². The summed E-state index contributed by atoms with van der Waals surface area (Å²) in [6.45, 7) is 5.32. The molecule has 7 heteroatoms. The minimum atomic E-state index is -3.47. The highest BCUT2D eigenvalue weighted by Gasteiger charge is 2.37. The molecule has 0 aliphatic carbocycles. The molecular formula is C24H26N4O2S. The lowest BCUT2D eigenvalue weighted by molar-refractivity contribution is 0.399. The summed E-state index contributed by atoms with van der Waals surface area (Å²) in [7, 11) is -3.47. The van der Waals surface area contributed by atoms with Gasteiger partial charge in [-0.05, 0) is 62.1 Å². The second kappa shape index (κ2) is 7.66. The third kappa shape index (κ3) is 3.68. The van der Waals surface area contributed by atoms with Crippen LogP contribution < -0.4 is 0 Å². The van der Waals surface area contributed by atoms with Gasteiger partial charge in [-0.25, -0.2) is 8.42 Å². The number of rotatable bonds is 5. The van der Waals surface area contributed by atoms with E-state index >= 15 is 0 Å². The van der Waals surface area contributed by atoms with Gasteiger partial charge in [-0.15, -0.1) is 0 Å². The molecule has 0 bridgehead atoms. The minimum Gasteiger partial charge on any atom is -0.347 e. The molecular weight excluding hydrogens is 408 g/mol. The molecule has 160 valence electrons. The Labute approximate surface area is 182 Å². The molecule has 2 aromatic heterocycles. The van der Waals surface area contributed by atoms with E-state index in [1.54, 1.807) is 16.4 Å². The van der Waals surface area contributed by atoms with Crippen molar-refractivity contribution in [1.82, 2.24) is 19.1 Å². The number of aromatic amines is 1. The van der Waals surface area contributed by atoms with Crippen molar-refractivity contribution in [3.8, 4) is 11.1 Å². The van der Waals surface area contributed by atoms with Gasteiger partial charge in [0, 0.05) is 48.0 Å². The maximum absolute atomic E-state index is 13.2. The second-order valence-corrected chi connectivity index (χ2v) is 10.5. The maximum atomic E-state index is 13.2. The monoisotopic (exact) mass is 434 g/mol. The first kappa shape index (κ1) is 20.0. The van der Waals surface area contributed by atoms with Crippen LogP contribution in [0.5, 0.6) is 0 Å². The summed E-state index contributed by atoms with van der Waals surface area (Å²) in [5, 5.41) is 8.06. The summed E-state index contributed by atoms with van der Waals surface area (Å²) in [5.41, 5.74) is 4.42. The molecule has 1 N–H and O–H groups in total. The number of nitrogens with one attached hydrogen (secondary N) is 1. The smallest absolute Gasteiger partial charge is 0.243 e. The number of benzene rings is 2. The molecule has 0 spiro atoms. The van der Waals surface area contributed by atoms with Crippen LogP contribution in [-0.2, 0) is 16.6 Å². The molecule has 1 fully saturated rings. The molecule has 5 rings (SSSR count). The van der Waals surface area contributed by atoms with Crippen molar-refractivity contribution in [2.45, 2.75) is 37.8 Å². The molecule has 2 aromatic carbocycles. The minimum absolute atomic E-state index is 0.00850. The first-order valence-corrected chi connectivity index (χ1v) is 12.0. The number of hydrogen-bond donors (Lipinski definition) is 1. The highest BCUT2D eigenvalue weighted by molar-refractivity contribution is 7.89. The van der Waals surface area contributed by atoms with Crippen LogP contribution in [0.3, 0.4) is 0 Å². The van der Waals surface area contributed by atoms with Gasteiger partial charge in [-0.2, -0.15) is 9.40 Å². The summed E-state index contributed by atoms with van der Waals surface area (Å²) in [4.78, 5) is 0.379. The number of aromatic nitrogens is 3. The van der Waals surface area contributed by atoms with E-state index in [1.165, 1.54) is 10.9 Å². The van der Waals surface area contributed by atoms with Crippen molar-refractivity contribution in [2.24, 2.45) is 5.92 Å². The summed E-state index contributed by atoms with van der Waals surface area (Å²) < 4.78 is 30.3. The molecule has 3 heterocycles. The summed E-state index contributed by atoms with van der Waals surface area (Å²) in [6, 6.07) is 15.7. The lowest BCUT2D eigenvalue weighted by Gasteiger charge is -2.21. The molecule has 0 radical (unpaired) electrons. The van der Waals surface area contributed by atoms with Crippen LogP contribution in [-0.4, -0.2) is 40.1 Å². The van der Waals surface area contributed by atoms with Crippen molar-refractivity contribution >= 4 is 20.9 Å². The van der Waals surface area contributed by atoms with Gasteiger partial charge in [-0.3, -0.25) is 5.10 Å². The number of hydrogen-bond acceptors (Lipinski definition) is 3. The highest BCUT2D eigenvalue weighted by atomic mass is 32.2. The number of nitrogens with zero attached hydrogens (tertiary/aromatic N) is 3. The molecule has 0 unspecified atom stereocenters. The molecule has 1 aliphatic rings. The Morgan fingerprint density at radius 2 is 1.90 bits per heavy atom. The fourth-order valence-corrected chi connectivity index (χ4v) is 6.37. The van der Waals surface area contributed by atoms with E-state index in [4.69, 9.17) is 0 Å². The van der Waals surface area contributed by atoms with Crippen LogP contribution in [0.15, 0.2) is 72.0 Å². The zero-order valence-corrected chi connectivity index (χ0v) is 18.5. The number of aryl methyl sites for hydroxylation is 1. The van der Waals surface area contributed by atoms with Crippen LogP contribution in [0.1, 0.15) is 18.9 Å². The molecule has 31 heavy (non-hydrogen) atoms. The average Bonchev–Trinajstić information content (AvgIpc) is 3.49.